The standard InChI is InChI=1S/C19H19ClN2O3S/c1-2-11-22(26(23,24)18-10-6-9-16(20)12-18)14-17-13-19(25-21-17)15-7-4-3-5-8-15/h3-10,12-13H,2,11,14H2,1H3. The highest BCUT2D eigenvalue weighted by Gasteiger charge is 2.25. The summed E-state index contributed by atoms with van der Waals surface area (Å²) in [6.45, 7) is 2.44. The zero-order valence-corrected chi connectivity index (χ0v) is 15.9. The monoisotopic (exact) mass is 390 g/mol. The van der Waals surface area contributed by atoms with Crippen molar-refractivity contribution in [2.75, 3.05) is 6.54 Å². The molecule has 26 heavy (non-hydrogen) atoms. The summed E-state index contributed by atoms with van der Waals surface area (Å²) in [4.78, 5) is 0.172. The molecule has 0 radical (unpaired) electrons. The lowest BCUT2D eigenvalue weighted by Crippen LogP contribution is -2.31. The summed E-state index contributed by atoms with van der Waals surface area (Å²) in [5.74, 6) is 0.609. The Labute approximate surface area is 158 Å². The number of aromatic nitrogens is 1. The molecule has 5 nitrogen and oxygen atoms in total. The van der Waals surface area contributed by atoms with Crippen molar-refractivity contribution in [2.45, 2.75) is 24.8 Å². The average Bonchev–Trinajstić information content (AvgIpc) is 3.11. The molecule has 0 aliphatic carbocycles. The molecule has 0 aliphatic heterocycles. The average molecular weight is 391 g/mol. The van der Waals surface area contributed by atoms with Gasteiger partial charge in [0.1, 0.15) is 0 Å². The van der Waals surface area contributed by atoms with Gasteiger partial charge in [-0.15, -0.1) is 0 Å². The number of hydrogen-bond acceptors (Lipinski definition) is 4. The minimum atomic E-state index is -3.67. The molecule has 2 aromatic carbocycles. The van der Waals surface area contributed by atoms with Crippen LogP contribution >= 0.6 is 11.6 Å². The Morgan fingerprint density at radius 2 is 1.85 bits per heavy atom. The van der Waals surface area contributed by atoms with Gasteiger partial charge in [-0.3, -0.25) is 0 Å². The molecule has 3 aromatic rings. The Hall–Kier alpha value is -2.15. The van der Waals surface area contributed by atoms with E-state index >= 15 is 0 Å². The quantitative estimate of drug-likeness (QED) is 0.591. The smallest absolute Gasteiger partial charge is 0.243 e. The van der Waals surface area contributed by atoms with Crippen LogP contribution in [0, 0.1) is 0 Å². The van der Waals surface area contributed by atoms with Gasteiger partial charge in [0.05, 0.1) is 17.1 Å². The summed E-state index contributed by atoms with van der Waals surface area (Å²) in [6, 6.07) is 17.6. The van der Waals surface area contributed by atoms with Crippen molar-refractivity contribution in [3.8, 4) is 11.3 Å². The maximum Gasteiger partial charge on any atom is 0.243 e. The first kappa shape index (κ1) is 18.6. The first-order valence-electron chi connectivity index (χ1n) is 8.27. The van der Waals surface area contributed by atoms with E-state index < -0.39 is 10.0 Å². The van der Waals surface area contributed by atoms with Gasteiger partial charge in [0.2, 0.25) is 10.0 Å². The molecule has 0 aliphatic rings. The zero-order valence-electron chi connectivity index (χ0n) is 14.3. The summed E-state index contributed by atoms with van der Waals surface area (Å²) in [7, 11) is -3.67. The van der Waals surface area contributed by atoms with Crippen molar-refractivity contribution >= 4 is 21.6 Å². The van der Waals surface area contributed by atoms with Gasteiger partial charge < -0.3 is 4.52 Å². The second-order valence-electron chi connectivity index (χ2n) is 5.84. The largest absolute Gasteiger partial charge is 0.356 e. The van der Waals surface area contributed by atoms with Crippen LogP contribution in [0.25, 0.3) is 11.3 Å². The molecule has 7 heteroatoms. The first-order chi connectivity index (χ1) is 12.5. The van der Waals surface area contributed by atoms with Crippen molar-refractivity contribution in [3.63, 3.8) is 0 Å². The van der Waals surface area contributed by atoms with E-state index in [1.54, 1.807) is 24.3 Å². The van der Waals surface area contributed by atoms with Crippen molar-refractivity contribution < 1.29 is 12.9 Å². The van der Waals surface area contributed by atoms with Crippen LogP contribution in [-0.4, -0.2) is 24.4 Å². The van der Waals surface area contributed by atoms with E-state index in [0.29, 0.717) is 29.4 Å². The maximum atomic E-state index is 13.0. The number of hydrogen-bond donors (Lipinski definition) is 0. The third-order valence-electron chi connectivity index (χ3n) is 3.86. The molecular weight excluding hydrogens is 372 g/mol. The second kappa shape index (κ2) is 8.03. The molecule has 0 fully saturated rings. The molecule has 0 saturated carbocycles. The Bertz CT molecular complexity index is 971. The number of benzene rings is 2. The Morgan fingerprint density at radius 3 is 2.54 bits per heavy atom. The van der Waals surface area contributed by atoms with Gasteiger partial charge in [-0.1, -0.05) is 60.1 Å². The SMILES string of the molecule is CCCN(Cc1cc(-c2ccccc2)on1)S(=O)(=O)c1cccc(Cl)c1. The minimum absolute atomic E-state index is 0.138. The summed E-state index contributed by atoms with van der Waals surface area (Å²) >= 11 is 5.95. The number of nitrogens with zero attached hydrogens (tertiary/aromatic N) is 2. The molecule has 3 rings (SSSR count). The van der Waals surface area contributed by atoms with Crippen LogP contribution in [0.15, 0.2) is 70.1 Å². The molecule has 0 atom stereocenters. The highest BCUT2D eigenvalue weighted by atomic mass is 35.5. The Kier molecular flexibility index (Phi) is 5.76. The van der Waals surface area contributed by atoms with E-state index in [-0.39, 0.29) is 11.4 Å². The van der Waals surface area contributed by atoms with Crippen LogP contribution in [0.5, 0.6) is 0 Å². The molecule has 1 aromatic heterocycles. The lowest BCUT2D eigenvalue weighted by Gasteiger charge is -2.20. The highest BCUT2D eigenvalue weighted by molar-refractivity contribution is 7.89. The molecule has 0 saturated heterocycles. The Balaban J connectivity index is 1.86. The van der Waals surface area contributed by atoms with Gasteiger partial charge >= 0.3 is 0 Å². The normalized spacial score (nSPS) is 11.8. The van der Waals surface area contributed by atoms with E-state index in [1.165, 1.54) is 10.4 Å². The van der Waals surface area contributed by atoms with Crippen molar-refractivity contribution in [3.05, 3.63) is 71.4 Å². The van der Waals surface area contributed by atoms with Crippen LogP contribution in [0.4, 0.5) is 0 Å². The van der Waals surface area contributed by atoms with Gasteiger partial charge in [-0.25, -0.2) is 8.42 Å². The molecule has 0 spiro atoms. The van der Waals surface area contributed by atoms with Crippen LogP contribution < -0.4 is 0 Å². The third-order valence-corrected chi connectivity index (χ3v) is 5.94. The van der Waals surface area contributed by atoms with Gasteiger partial charge in [-0.2, -0.15) is 4.31 Å². The fourth-order valence-electron chi connectivity index (χ4n) is 2.62. The second-order valence-corrected chi connectivity index (χ2v) is 8.22. The lowest BCUT2D eigenvalue weighted by molar-refractivity contribution is 0.375. The third kappa shape index (κ3) is 4.15. The maximum absolute atomic E-state index is 13.0. The van der Waals surface area contributed by atoms with Crippen molar-refractivity contribution in [1.29, 1.82) is 0 Å². The van der Waals surface area contributed by atoms with Gasteiger partial charge in [0.25, 0.3) is 0 Å². The predicted octanol–water partition coefficient (Wildman–Crippen LogP) is 4.60. The molecule has 0 amide bonds. The lowest BCUT2D eigenvalue weighted by atomic mass is 10.2. The predicted molar refractivity (Wildman–Crippen MR) is 101 cm³/mol. The number of halogens is 1. The first-order valence-corrected chi connectivity index (χ1v) is 10.1. The van der Waals surface area contributed by atoms with E-state index in [2.05, 4.69) is 5.16 Å². The van der Waals surface area contributed by atoms with Crippen molar-refractivity contribution in [1.82, 2.24) is 9.46 Å². The van der Waals surface area contributed by atoms with Crippen LogP contribution in [0.2, 0.25) is 5.02 Å². The van der Waals surface area contributed by atoms with Gasteiger partial charge in [0, 0.05) is 23.2 Å². The van der Waals surface area contributed by atoms with Gasteiger partial charge in [0.15, 0.2) is 5.76 Å². The van der Waals surface area contributed by atoms with E-state index in [4.69, 9.17) is 16.1 Å². The van der Waals surface area contributed by atoms with Gasteiger partial charge in [-0.05, 0) is 24.6 Å². The van der Waals surface area contributed by atoms with E-state index in [0.717, 1.165) is 5.56 Å². The minimum Gasteiger partial charge on any atom is -0.356 e. The summed E-state index contributed by atoms with van der Waals surface area (Å²) in [6.07, 6.45) is 0.684. The highest BCUT2D eigenvalue weighted by Crippen LogP contribution is 2.24. The topological polar surface area (TPSA) is 63.4 Å². The molecule has 0 bridgehead atoms. The molecule has 136 valence electrons. The molecule has 0 N–H and O–H groups in total. The van der Waals surface area contributed by atoms with Crippen molar-refractivity contribution in [2.24, 2.45) is 0 Å². The van der Waals surface area contributed by atoms with E-state index in [9.17, 15) is 8.42 Å². The van der Waals surface area contributed by atoms with E-state index in [1.807, 2.05) is 37.3 Å². The molecule has 1 heterocycles. The molecule has 0 unspecified atom stereocenters. The fourth-order valence-corrected chi connectivity index (χ4v) is 4.42. The van der Waals surface area contributed by atoms with Crippen LogP contribution in [0.3, 0.4) is 0 Å². The molecular formula is C19H19ClN2O3S. The number of rotatable bonds is 7. The Morgan fingerprint density at radius 1 is 1.08 bits per heavy atom. The zero-order chi connectivity index (χ0) is 18.6. The summed E-state index contributed by atoms with van der Waals surface area (Å²) in [5, 5.41) is 4.42. The summed E-state index contributed by atoms with van der Waals surface area (Å²) in [5.41, 5.74) is 1.45. The summed E-state index contributed by atoms with van der Waals surface area (Å²) < 4.78 is 32.7. The van der Waals surface area contributed by atoms with Crippen LogP contribution in [-0.2, 0) is 16.6 Å². The van der Waals surface area contributed by atoms with Crippen LogP contribution in [0.1, 0.15) is 19.0 Å². The number of sulfonamides is 1. The fraction of sp³-hybridized carbons (Fsp3) is 0.211.